The van der Waals surface area contributed by atoms with Crippen molar-refractivity contribution >= 4 is 30.1 Å². The van der Waals surface area contributed by atoms with Crippen LogP contribution in [-0.4, -0.2) is 35.6 Å². The molecule has 0 saturated carbocycles. The number of para-hydroxylation sites is 1. The molecule has 0 aliphatic heterocycles. The van der Waals surface area contributed by atoms with Crippen molar-refractivity contribution in [2.75, 3.05) is 24.2 Å². The van der Waals surface area contributed by atoms with Crippen molar-refractivity contribution in [1.29, 1.82) is 0 Å². The molecule has 0 atom stereocenters. The van der Waals surface area contributed by atoms with Crippen LogP contribution in [0.15, 0.2) is 24.3 Å². The first-order valence-electron chi connectivity index (χ1n) is 6.32. The van der Waals surface area contributed by atoms with Crippen LogP contribution in [0.1, 0.15) is 18.9 Å². The molecule has 0 radical (unpaired) electrons. The largest absolute Gasteiger partial charge is 0.333 e. The van der Waals surface area contributed by atoms with Gasteiger partial charge in [0.05, 0.1) is 6.54 Å². The molecule has 0 bridgehead atoms. The summed E-state index contributed by atoms with van der Waals surface area (Å²) in [6, 6.07) is 7.56. The van der Waals surface area contributed by atoms with Gasteiger partial charge in [0.15, 0.2) is 0 Å². The molecule has 1 aromatic carbocycles. The third-order valence-corrected chi connectivity index (χ3v) is 2.98. The predicted octanol–water partition coefficient (Wildman–Crippen LogP) is 2.10. The number of thiol groups is 1. The number of benzene rings is 1. The van der Waals surface area contributed by atoms with Crippen LogP contribution < -0.4 is 5.32 Å². The summed E-state index contributed by atoms with van der Waals surface area (Å²) in [6.07, 6.45) is 0.394. The summed E-state index contributed by atoms with van der Waals surface area (Å²) < 4.78 is 0. The fraction of sp³-hybridized carbons (Fsp3) is 0.429. The highest BCUT2D eigenvalue weighted by Gasteiger charge is 2.15. The minimum Gasteiger partial charge on any atom is -0.333 e. The van der Waals surface area contributed by atoms with Gasteiger partial charge in [-0.1, -0.05) is 25.1 Å². The third-order valence-electron chi connectivity index (χ3n) is 2.78. The van der Waals surface area contributed by atoms with Gasteiger partial charge in [-0.25, -0.2) is 0 Å². The van der Waals surface area contributed by atoms with Gasteiger partial charge >= 0.3 is 0 Å². The Kier molecular flexibility index (Phi) is 6.42. The first-order chi connectivity index (χ1) is 9.08. The lowest BCUT2D eigenvalue weighted by Crippen LogP contribution is -2.38. The molecule has 104 valence electrons. The highest BCUT2D eigenvalue weighted by Crippen LogP contribution is 2.13. The number of hydrogen-bond donors (Lipinski definition) is 2. The van der Waals surface area contributed by atoms with Crippen LogP contribution in [-0.2, 0) is 9.59 Å². The summed E-state index contributed by atoms with van der Waals surface area (Å²) in [5.74, 6) is 0.329. The standard InChI is InChI=1S/C14H20N2O2S/c1-3-14(18)16(8-9-19)10-13(17)15-12-7-5-4-6-11(12)2/h4-7,19H,3,8-10H2,1-2H3,(H,15,17). The van der Waals surface area contributed by atoms with Gasteiger partial charge < -0.3 is 10.2 Å². The Balaban J connectivity index is 2.63. The zero-order valence-corrected chi connectivity index (χ0v) is 12.2. The summed E-state index contributed by atoms with van der Waals surface area (Å²) in [4.78, 5) is 25.1. The van der Waals surface area contributed by atoms with Crippen LogP contribution in [0.25, 0.3) is 0 Å². The second kappa shape index (κ2) is 7.84. The van der Waals surface area contributed by atoms with E-state index in [9.17, 15) is 9.59 Å². The fourth-order valence-electron chi connectivity index (χ4n) is 1.71. The summed E-state index contributed by atoms with van der Waals surface area (Å²) in [6.45, 7) is 4.27. The van der Waals surface area contributed by atoms with Gasteiger partial charge in [-0.3, -0.25) is 9.59 Å². The molecule has 0 saturated heterocycles. The van der Waals surface area contributed by atoms with E-state index in [1.165, 1.54) is 4.90 Å². The molecule has 1 N–H and O–H groups in total. The van der Waals surface area contributed by atoms with E-state index in [4.69, 9.17) is 0 Å². The van der Waals surface area contributed by atoms with Crippen LogP contribution >= 0.6 is 12.6 Å². The van der Waals surface area contributed by atoms with Crippen LogP contribution in [0.3, 0.4) is 0 Å². The zero-order valence-electron chi connectivity index (χ0n) is 11.3. The molecule has 2 amide bonds. The highest BCUT2D eigenvalue weighted by atomic mass is 32.1. The molecular weight excluding hydrogens is 260 g/mol. The number of aryl methyl sites for hydroxylation is 1. The number of anilines is 1. The van der Waals surface area contributed by atoms with E-state index in [0.717, 1.165) is 11.3 Å². The SMILES string of the molecule is CCC(=O)N(CCS)CC(=O)Nc1ccccc1C. The van der Waals surface area contributed by atoms with Crippen molar-refractivity contribution in [3.05, 3.63) is 29.8 Å². The molecule has 0 fully saturated rings. The second-order valence-corrected chi connectivity index (χ2v) is 4.70. The van der Waals surface area contributed by atoms with Crippen molar-refractivity contribution in [1.82, 2.24) is 4.90 Å². The van der Waals surface area contributed by atoms with Crippen molar-refractivity contribution in [3.8, 4) is 0 Å². The molecule has 4 nitrogen and oxygen atoms in total. The summed E-state index contributed by atoms with van der Waals surface area (Å²) >= 11 is 4.11. The van der Waals surface area contributed by atoms with Gasteiger partial charge in [-0.05, 0) is 18.6 Å². The number of nitrogens with zero attached hydrogens (tertiary/aromatic N) is 1. The summed E-state index contributed by atoms with van der Waals surface area (Å²) in [7, 11) is 0. The maximum atomic E-state index is 11.9. The molecule has 0 aliphatic carbocycles. The van der Waals surface area contributed by atoms with Gasteiger partial charge in [0.1, 0.15) is 0 Å². The van der Waals surface area contributed by atoms with Gasteiger partial charge in [0.2, 0.25) is 11.8 Å². The van der Waals surface area contributed by atoms with Crippen molar-refractivity contribution < 1.29 is 9.59 Å². The molecule has 0 aliphatic rings. The molecule has 0 heterocycles. The van der Waals surface area contributed by atoms with E-state index in [1.54, 1.807) is 6.92 Å². The highest BCUT2D eigenvalue weighted by molar-refractivity contribution is 7.80. The molecule has 5 heteroatoms. The second-order valence-electron chi connectivity index (χ2n) is 4.26. The van der Waals surface area contributed by atoms with Crippen molar-refractivity contribution in [2.24, 2.45) is 0 Å². The topological polar surface area (TPSA) is 49.4 Å². The maximum Gasteiger partial charge on any atom is 0.244 e. The first kappa shape index (κ1) is 15.6. The van der Waals surface area contributed by atoms with E-state index in [0.29, 0.717) is 18.7 Å². The van der Waals surface area contributed by atoms with Gasteiger partial charge in [-0.2, -0.15) is 12.6 Å². The zero-order chi connectivity index (χ0) is 14.3. The smallest absolute Gasteiger partial charge is 0.244 e. The molecule has 1 rings (SSSR count). The monoisotopic (exact) mass is 280 g/mol. The Morgan fingerprint density at radius 3 is 2.58 bits per heavy atom. The number of carbonyl (C=O) groups is 2. The normalized spacial score (nSPS) is 10.1. The number of amides is 2. The van der Waals surface area contributed by atoms with E-state index in [-0.39, 0.29) is 18.4 Å². The van der Waals surface area contributed by atoms with E-state index in [2.05, 4.69) is 17.9 Å². The van der Waals surface area contributed by atoms with Gasteiger partial charge in [0.25, 0.3) is 0 Å². The van der Waals surface area contributed by atoms with Crippen molar-refractivity contribution in [3.63, 3.8) is 0 Å². The number of hydrogen-bond acceptors (Lipinski definition) is 3. The Morgan fingerprint density at radius 2 is 2.00 bits per heavy atom. The lowest BCUT2D eigenvalue weighted by molar-refractivity contribution is -0.134. The molecule has 1 aromatic rings. The van der Waals surface area contributed by atoms with Gasteiger partial charge in [0, 0.05) is 24.4 Å². The van der Waals surface area contributed by atoms with E-state index < -0.39 is 0 Å². The minimum atomic E-state index is -0.183. The quantitative estimate of drug-likeness (QED) is 0.784. The number of rotatable bonds is 6. The van der Waals surface area contributed by atoms with Crippen LogP contribution in [0.4, 0.5) is 5.69 Å². The summed E-state index contributed by atoms with van der Waals surface area (Å²) in [5.41, 5.74) is 1.78. The molecule has 0 spiro atoms. The lowest BCUT2D eigenvalue weighted by atomic mass is 10.2. The molecule has 0 unspecified atom stereocenters. The number of nitrogens with one attached hydrogen (secondary N) is 1. The molecule has 0 aromatic heterocycles. The van der Waals surface area contributed by atoms with Crippen molar-refractivity contribution in [2.45, 2.75) is 20.3 Å². The average Bonchev–Trinajstić information content (AvgIpc) is 2.40. The Morgan fingerprint density at radius 1 is 1.32 bits per heavy atom. The predicted molar refractivity (Wildman–Crippen MR) is 80.5 cm³/mol. The molecular formula is C14H20N2O2S. The van der Waals surface area contributed by atoms with Crippen LogP contribution in [0, 0.1) is 6.92 Å². The first-order valence-corrected chi connectivity index (χ1v) is 6.95. The number of carbonyl (C=O) groups excluding carboxylic acids is 2. The average molecular weight is 280 g/mol. The Bertz CT molecular complexity index is 449. The van der Waals surface area contributed by atoms with Gasteiger partial charge in [-0.15, -0.1) is 0 Å². The minimum absolute atomic E-state index is 0.0333. The summed E-state index contributed by atoms with van der Waals surface area (Å²) in [5, 5.41) is 2.82. The third kappa shape index (κ3) is 4.95. The van der Waals surface area contributed by atoms with Crippen LogP contribution in [0.5, 0.6) is 0 Å². The van der Waals surface area contributed by atoms with Crippen LogP contribution in [0.2, 0.25) is 0 Å². The molecule has 19 heavy (non-hydrogen) atoms. The Hall–Kier alpha value is -1.49. The lowest BCUT2D eigenvalue weighted by Gasteiger charge is -2.21. The van der Waals surface area contributed by atoms with E-state index >= 15 is 0 Å². The maximum absolute atomic E-state index is 11.9. The van der Waals surface area contributed by atoms with E-state index in [1.807, 2.05) is 31.2 Å². The fourth-order valence-corrected chi connectivity index (χ4v) is 1.95. The Labute approximate surface area is 119 Å².